The molecular formula is C16H22BrNO3. The Balaban J connectivity index is 2.84. The van der Waals surface area contributed by atoms with E-state index >= 15 is 0 Å². The molecule has 0 saturated heterocycles. The number of carbonyl (C=O) groups is 2. The van der Waals surface area contributed by atoms with E-state index in [9.17, 15) is 9.59 Å². The summed E-state index contributed by atoms with van der Waals surface area (Å²) in [5.74, 6) is -0.156. The highest BCUT2D eigenvalue weighted by atomic mass is 79.9. The van der Waals surface area contributed by atoms with Gasteiger partial charge in [-0.2, -0.15) is 0 Å². The monoisotopic (exact) mass is 355 g/mol. The molecule has 1 aromatic rings. The average molecular weight is 356 g/mol. The van der Waals surface area contributed by atoms with E-state index in [4.69, 9.17) is 4.74 Å². The van der Waals surface area contributed by atoms with Crippen LogP contribution in [-0.4, -0.2) is 23.5 Å². The third-order valence-corrected chi connectivity index (χ3v) is 3.28. The smallest absolute Gasteiger partial charge is 0.408 e. The zero-order valence-electron chi connectivity index (χ0n) is 13.1. The SMILES string of the molecule is CC(C)C(NC(=O)OC(C)(C)C)C(=O)c1ccc(Br)cc1. The summed E-state index contributed by atoms with van der Waals surface area (Å²) in [5.41, 5.74) is -0.0281. The summed E-state index contributed by atoms with van der Waals surface area (Å²) in [6.45, 7) is 9.13. The second kappa shape index (κ2) is 7.07. The molecule has 0 heterocycles. The molecule has 0 radical (unpaired) electrons. The Morgan fingerprint density at radius 1 is 1.14 bits per heavy atom. The normalized spacial score (nSPS) is 12.9. The molecule has 4 nitrogen and oxygen atoms in total. The molecule has 0 aliphatic rings. The zero-order valence-corrected chi connectivity index (χ0v) is 14.7. The highest BCUT2D eigenvalue weighted by Crippen LogP contribution is 2.15. The average Bonchev–Trinajstić information content (AvgIpc) is 2.33. The molecule has 1 atom stereocenters. The zero-order chi connectivity index (χ0) is 16.2. The van der Waals surface area contributed by atoms with Crippen molar-refractivity contribution in [2.24, 2.45) is 5.92 Å². The summed E-state index contributed by atoms with van der Waals surface area (Å²) in [4.78, 5) is 24.4. The van der Waals surface area contributed by atoms with Gasteiger partial charge < -0.3 is 10.1 Å². The van der Waals surface area contributed by atoms with Crippen molar-refractivity contribution in [3.8, 4) is 0 Å². The van der Waals surface area contributed by atoms with Crippen molar-refractivity contribution in [2.75, 3.05) is 0 Å². The molecule has 0 fully saturated rings. The van der Waals surface area contributed by atoms with Crippen molar-refractivity contribution in [3.05, 3.63) is 34.3 Å². The predicted molar refractivity (Wildman–Crippen MR) is 86.5 cm³/mol. The molecule has 116 valence electrons. The van der Waals surface area contributed by atoms with Crippen molar-refractivity contribution in [1.29, 1.82) is 0 Å². The van der Waals surface area contributed by atoms with Gasteiger partial charge in [0.05, 0.1) is 6.04 Å². The van der Waals surface area contributed by atoms with Gasteiger partial charge >= 0.3 is 6.09 Å². The number of ketones is 1. The van der Waals surface area contributed by atoms with Crippen LogP contribution in [-0.2, 0) is 4.74 Å². The molecule has 1 rings (SSSR count). The number of hydrogen-bond acceptors (Lipinski definition) is 3. The second-order valence-corrected chi connectivity index (χ2v) is 7.15. The van der Waals surface area contributed by atoms with Gasteiger partial charge in [-0.25, -0.2) is 4.79 Å². The van der Waals surface area contributed by atoms with E-state index in [0.29, 0.717) is 5.56 Å². The maximum atomic E-state index is 12.5. The van der Waals surface area contributed by atoms with Crippen LogP contribution in [0.25, 0.3) is 0 Å². The van der Waals surface area contributed by atoms with Crippen LogP contribution in [0, 0.1) is 5.92 Å². The highest BCUT2D eigenvalue weighted by Gasteiger charge is 2.27. The summed E-state index contributed by atoms with van der Waals surface area (Å²) in [6, 6.07) is 6.47. The first-order valence-corrected chi connectivity index (χ1v) is 7.69. The molecule has 0 spiro atoms. The van der Waals surface area contributed by atoms with Crippen LogP contribution in [0.15, 0.2) is 28.7 Å². The summed E-state index contributed by atoms with van der Waals surface area (Å²) in [7, 11) is 0. The first-order chi connectivity index (χ1) is 9.60. The fraction of sp³-hybridized carbons (Fsp3) is 0.500. The lowest BCUT2D eigenvalue weighted by Crippen LogP contribution is -2.46. The second-order valence-electron chi connectivity index (χ2n) is 6.24. The molecule has 0 bridgehead atoms. The van der Waals surface area contributed by atoms with Crippen molar-refractivity contribution < 1.29 is 14.3 Å². The van der Waals surface area contributed by atoms with Crippen molar-refractivity contribution in [1.82, 2.24) is 5.32 Å². The lowest BCUT2D eigenvalue weighted by atomic mass is 9.95. The Morgan fingerprint density at radius 2 is 1.67 bits per heavy atom. The van der Waals surface area contributed by atoms with Gasteiger partial charge in [0.15, 0.2) is 5.78 Å². The highest BCUT2D eigenvalue weighted by molar-refractivity contribution is 9.10. The molecule has 0 aromatic heterocycles. The fourth-order valence-electron chi connectivity index (χ4n) is 1.76. The maximum absolute atomic E-state index is 12.5. The first-order valence-electron chi connectivity index (χ1n) is 6.89. The van der Waals surface area contributed by atoms with E-state index < -0.39 is 17.7 Å². The van der Waals surface area contributed by atoms with Crippen LogP contribution in [0.2, 0.25) is 0 Å². The minimum atomic E-state index is -0.610. The molecule has 0 saturated carbocycles. The third kappa shape index (κ3) is 5.87. The van der Waals surface area contributed by atoms with E-state index in [0.717, 1.165) is 4.47 Å². The Kier molecular flexibility index (Phi) is 5.96. The summed E-state index contributed by atoms with van der Waals surface area (Å²) in [6.07, 6.45) is -0.577. The van der Waals surface area contributed by atoms with Gasteiger partial charge in [0.25, 0.3) is 0 Å². The van der Waals surface area contributed by atoms with E-state index in [1.54, 1.807) is 45.0 Å². The number of rotatable bonds is 4. The molecule has 1 unspecified atom stereocenters. The largest absolute Gasteiger partial charge is 0.444 e. The van der Waals surface area contributed by atoms with Gasteiger partial charge in [-0.1, -0.05) is 41.9 Å². The molecule has 1 amide bonds. The standard InChI is InChI=1S/C16H22BrNO3/c1-10(2)13(18-15(20)21-16(3,4)5)14(19)11-6-8-12(17)9-7-11/h6-10,13H,1-5H3,(H,18,20). The summed E-state index contributed by atoms with van der Waals surface area (Å²) >= 11 is 3.33. The molecule has 21 heavy (non-hydrogen) atoms. The van der Waals surface area contributed by atoms with Gasteiger partial charge in [0, 0.05) is 10.0 Å². The Hall–Kier alpha value is -1.36. The van der Waals surface area contributed by atoms with Crippen LogP contribution in [0.3, 0.4) is 0 Å². The maximum Gasteiger partial charge on any atom is 0.408 e. The molecular weight excluding hydrogens is 334 g/mol. The minimum absolute atomic E-state index is 0.0336. The lowest BCUT2D eigenvalue weighted by molar-refractivity contribution is 0.0475. The van der Waals surface area contributed by atoms with Crippen molar-refractivity contribution in [3.63, 3.8) is 0 Å². The van der Waals surface area contributed by atoms with Crippen LogP contribution in [0.1, 0.15) is 45.0 Å². The fourth-order valence-corrected chi connectivity index (χ4v) is 2.03. The van der Waals surface area contributed by atoms with Crippen molar-refractivity contribution in [2.45, 2.75) is 46.3 Å². The Bertz CT molecular complexity index is 503. The van der Waals surface area contributed by atoms with Crippen LogP contribution < -0.4 is 5.32 Å². The topological polar surface area (TPSA) is 55.4 Å². The van der Waals surface area contributed by atoms with Gasteiger partial charge in [-0.15, -0.1) is 0 Å². The van der Waals surface area contributed by atoms with E-state index in [1.807, 2.05) is 13.8 Å². The number of ether oxygens (including phenoxy) is 1. The number of amides is 1. The lowest BCUT2D eigenvalue weighted by Gasteiger charge is -2.25. The summed E-state index contributed by atoms with van der Waals surface area (Å²) < 4.78 is 6.12. The van der Waals surface area contributed by atoms with Gasteiger partial charge in [0.2, 0.25) is 0 Å². The van der Waals surface area contributed by atoms with Crippen LogP contribution in [0.4, 0.5) is 4.79 Å². The predicted octanol–water partition coefficient (Wildman–Crippen LogP) is 4.18. The minimum Gasteiger partial charge on any atom is -0.444 e. The molecule has 0 aliphatic carbocycles. The summed E-state index contributed by atoms with van der Waals surface area (Å²) in [5, 5.41) is 2.66. The molecule has 1 N–H and O–H groups in total. The molecule has 1 aromatic carbocycles. The number of hydrogen-bond donors (Lipinski definition) is 1. The van der Waals surface area contributed by atoms with E-state index in [1.165, 1.54) is 0 Å². The number of benzene rings is 1. The van der Waals surface area contributed by atoms with Crippen LogP contribution >= 0.6 is 15.9 Å². The van der Waals surface area contributed by atoms with Crippen molar-refractivity contribution >= 4 is 27.8 Å². The Labute approximate surface area is 134 Å². The van der Waals surface area contributed by atoms with Crippen LogP contribution in [0.5, 0.6) is 0 Å². The Morgan fingerprint density at radius 3 is 2.10 bits per heavy atom. The van der Waals surface area contributed by atoms with Gasteiger partial charge in [-0.3, -0.25) is 4.79 Å². The number of alkyl carbamates (subject to hydrolysis) is 1. The number of carbonyl (C=O) groups excluding carboxylic acids is 2. The van der Waals surface area contributed by atoms with Gasteiger partial charge in [0.1, 0.15) is 5.60 Å². The quantitative estimate of drug-likeness (QED) is 0.824. The molecule has 5 heteroatoms. The first kappa shape index (κ1) is 17.7. The van der Waals surface area contributed by atoms with Gasteiger partial charge in [-0.05, 0) is 38.8 Å². The van der Waals surface area contributed by atoms with E-state index in [-0.39, 0.29) is 11.7 Å². The number of halogens is 1. The van der Waals surface area contributed by atoms with E-state index in [2.05, 4.69) is 21.2 Å². The number of nitrogens with one attached hydrogen (secondary N) is 1. The number of Topliss-reactive ketones (excluding diaryl/α,β-unsaturated/α-hetero) is 1. The molecule has 0 aliphatic heterocycles. The third-order valence-electron chi connectivity index (χ3n) is 2.75.